The Morgan fingerprint density at radius 3 is 2.91 bits per heavy atom. The molecule has 5 nitrogen and oxygen atoms in total. The minimum atomic E-state index is 0.319. The molecule has 2 unspecified atom stereocenters. The SMILES string of the molecule is COC1CCN(Cc2cc(-c3ccccc3)no2)C(CN)C1. The van der Waals surface area contributed by atoms with E-state index in [1.54, 1.807) is 7.11 Å². The molecule has 1 fully saturated rings. The Bertz CT molecular complexity index is 585. The molecule has 2 atom stereocenters. The molecule has 0 amide bonds. The van der Waals surface area contributed by atoms with E-state index in [0.29, 0.717) is 18.7 Å². The van der Waals surface area contributed by atoms with Crippen LogP contribution in [0.15, 0.2) is 40.9 Å². The van der Waals surface area contributed by atoms with Crippen molar-refractivity contribution in [3.8, 4) is 11.3 Å². The van der Waals surface area contributed by atoms with Crippen molar-refractivity contribution < 1.29 is 9.26 Å². The van der Waals surface area contributed by atoms with E-state index in [-0.39, 0.29) is 0 Å². The summed E-state index contributed by atoms with van der Waals surface area (Å²) < 4.78 is 11.0. The summed E-state index contributed by atoms with van der Waals surface area (Å²) in [6.45, 7) is 2.36. The lowest BCUT2D eigenvalue weighted by atomic mass is 9.99. The van der Waals surface area contributed by atoms with Crippen LogP contribution in [0.4, 0.5) is 0 Å². The topological polar surface area (TPSA) is 64.5 Å². The van der Waals surface area contributed by atoms with Crippen molar-refractivity contribution in [3.63, 3.8) is 0 Å². The van der Waals surface area contributed by atoms with Crippen LogP contribution in [0.1, 0.15) is 18.6 Å². The second kappa shape index (κ2) is 7.05. The average Bonchev–Trinajstić information content (AvgIpc) is 3.04. The number of nitrogens with two attached hydrogens (primary N) is 1. The molecule has 0 saturated carbocycles. The predicted octanol–water partition coefficient (Wildman–Crippen LogP) is 2.28. The van der Waals surface area contributed by atoms with Crippen molar-refractivity contribution in [2.24, 2.45) is 5.73 Å². The van der Waals surface area contributed by atoms with E-state index in [0.717, 1.165) is 42.9 Å². The summed E-state index contributed by atoms with van der Waals surface area (Å²) in [4.78, 5) is 2.37. The van der Waals surface area contributed by atoms with Gasteiger partial charge in [0, 0.05) is 37.9 Å². The highest BCUT2D eigenvalue weighted by Crippen LogP contribution is 2.23. The zero-order valence-corrected chi connectivity index (χ0v) is 12.9. The van der Waals surface area contributed by atoms with Gasteiger partial charge in [-0.05, 0) is 12.8 Å². The van der Waals surface area contributed by atoms with Gasteiger partial charge in [0.05, 0.1) is 12.6 Å². The highest BCUT2D eigenvalue weighted by atomic mass is 16.5. The number of hydrogen-bond acceptors (Lipinski definition) is 5. The number of benzene rings is 1. The number of aromatic nitrogens is 1. The lowest BCUT2D eigenvalue weighted by Gasteiger charge is -2.37. The van der Waals surface area contributed by atoms with E-state index in [2.05, 4.69) is 10.1 Å². The average molecular weight is 301 g/mol. The third-order valence-electron chi connectivity index (χ3n) is 4.38. The van der Waals surface area contributed by atoms with E-state index < -0.39 is 0 Å². The fourth-order valence-corrected chi connectivity index (χ4v) is 3.06. The van der Waals surface area contributed by atoms with Crippen LogP contribution in [0, 0.1) is 0 Å². The molecule has 1 saturated heterocycles. The van der Waals surface area contributed by atoms with Gasteiger partial charge in [-0.2, -0.15) is 0 Å². The van der Waals surface area contributed by atoms with Crippen molar-refractivity contribution in [1.82, 2.24) is 10.1 Å². The largest absolute Gasteiger partial charge is 0.381 e. The Kier molecular flexibility index (Phi) is 4.87. The number of nitrogens with zero attached hydrogens (tertiary/aromatic N) is 2. The Labute approximate surface area is 131 Å². The summed E-state index contributed by atoms with van der Waals surface area (Å²) in [5.74, 6) is 0.883. The molecule has 118 valence electrons. The normalized spacial score (nSPS) is 22.8. The van der Waals surface area contributed by atoms with Crippen LogP contribution >= 0.6 is 0 Å². The smallest absolute Gasteiger partial charge is 0.151 e. The lowest BCUT2D eigenvalue weighted by molar-refractivity contribution is 0.00738. The first-order chi connectivity index (χ1) is 10.8. The summed E-state index contributed by atoms with van der Waals surface area (Å²) in [6, 6.07) is 12.4. The molecule has 0 aliphatic carbocycles. The Morgan fingerprint density at radius 1 is 1.36 bits per heavy atom. The van der Waals surface area contributed by atoms with Crippen LogP contribution < -0.4 is 5.73 Å². The molecule has 2 N–H and O–H groups in total. The van der Waals surface area contributed by atoms with Gasteiger partial charge in [0.2, 0.25) is 0 Å². The number of hydrogen-bond donors (Lipinski definition) is 1. The first kappa shape index (κ1) is 15.2. The number of piperidine rings is 1. The maximum atomic E-state index is 5.92. The van der Waals surface area contributed by atoms with Gasteiger partial charge in [0.25, 0.3) is 0 Å². The van der Waals surface area contributed by atoms with Crippen LogP contribution in [0.3, 0.4) is 0 Å². The molecule has 0 bridgehead atoms. The first-order valence-electron chi connectivity index (χ1n) is 7.78. The van der Waals surface area contributed by atoms with Crippen LogP contribution in [-0.2, 0) is 11.3 Å². The summed E-state index contributed by atoms with van der Waals surface area (Å²) in [5, 5.41) is 4.18. The molecule has 2 aromatic rings. The van der Waals surface area contributed by atoms with E-state index >= 15 is 0 Å². The van der Waals surface area contributed by atoms with E-state index in [1.807, 2.05) is 36.4 Å². The van der Waals surface area contributed by atoms with Gasteiger partial charge in [-0.1, -0.05) is 35.5 Å². The monoisotopic (exact) mass is 301 g/mol. The van der Waals surface area contributed by atoms with Gasteiger partial charge in [-0.25, -0.2) is 0 Å². The Morgan fingerprint density at radius 2 is 2.18 bits per heavy atom. The van der Waals surface area contributed by atoms with Gasteiger partial charge in [0.15, 0.2) is 5.76 Å². The van der Waals surface area contributed by atoms with Gasteiger partial charge in [-0.15, -0.1) is 0 Å². The number of ether oxygens (including phenoxy) is 1. The van der Waals surface area contributed by atoms with Crippen LogP contribution in [0.2, 0.25) is 0 Å². The molecule has 0 radical (unpaired) electrons. The van der Waals surface area contributed by atoms with Gasteiger partial charge in [-0.3, -0.25) is 4.90 Å². The van der Waals surface area contributed by atoms with Crippen LogP contribution in [0.5, 0.6) is 0 Å². The Hall–Kier alpha value is -1.69. The van der Waals surface area contributed by atoms with Gasteiger partial charge < -0.3 is 15.0 Å². The van der Waals surface area contributed by atoms with Crippen molar-refractivity contribution >= 4 is 0 Å². The van der Waals surface area contributed by atoms with E-state index in [9.17, 15) is 0 Å². The molecule has 5 heteroatoms. The molecule has 0 spiro atoms. The van der Waals surface area contributed by atoms with E-state index in [4.69, 9.17) is 15.0 Å². The Balaban J connectivity index is 1.67. The molecular formula is C17H23N3O2. The van der Waals surface area contributed by atoms with E-state index in [1.165, 1.54) is 0 Å². The summed E-state index contributed by atoms with van der Waals surface area (Å²) in [7, 11) is 1.77. The quantitative estimate of drug-likeness (QED) is 0.918. The molecule has 22 heavy (non-hydrogen) atoms. The number of methoxy groups -OCH3 is 1. The molecule has 3 rings (SSSR count). The third-order valence-corrected chi connectivity index (χ3v) is 4.38. The summed E-state index contributed by atoms with van der Waals surface area (Å²) in [6.07, 6.45) is 2.33. The van der Waals surface area contributed by atoms with Crippen molar-refractivity contribution in [2.45, 2.75) is 31.5 Å². The standard InChI is InChI=1S/C17H23N3O2/c1-21-15-7-8-20(14(9-15)11-18)12-16-10-17(19-22-16)13-5-3-2-4-6-13/h2-6,10,14-15H,7-9,11-12,18H2,1H3. The predicted molar refractivity (Wildman–Crippen MR) is 85.2 cm³/mol. The molecule has 1 aliphatic heterocycles. The maximum Gasteiger partial charge on any atom is 0.151 e. The van der Waals surface area contributed by atoms with Crippen molar-refractivity contribution in [2.75, 3.05) is 20.2 Å². The number of rotatable bonds is 5. The van der Waals surface area contributed by atoms with Gasteiger partial charge >= 0.3 is 0 Å². The highest BCUT2D eigenvalue weighted by molar-refractivity contribution is 5.58. The van der Waals surface area contributed by atoms with Crippen LogP contribution in [0.25, 0.3) is 11.3 Å². The summed E-state index contributed by atoms with van der Waals surface area (Å²) >= 11 is 0. The zero-order valence-electron chi connectivity index (χ0n) is 12.9. The van der Waals surface area contributed by atoms with Gasteiger partial charge in [0.1, 0.15) is 5.69 Å². The fourth-order valence-electron chi connectivity index (χ4n) is 3.06. The highest BCUT2D eigenvalue weighted by Gasteiger charge is 2.28. The second-order valence-electron chi connectivity index (χ2n) is 5.79. The zero-order chi connectivity index (χ0) is 15.4. The fraction of sp³-hybridized carbons (Fsp3) is 0.471. The second-order valence-corrected chi connectivity index (χ2v) is 5.79. The minimum Gasteiger partial charge on any atom is -0.381 e. The molecule has 2 heterocycles. The molecule has 1 aromatic carbocycles. The minimum absolute atomic E-state index is 0.319. The molecule has 1 aromatic heterocycles. The summed E-state index contributed by atoms with van der Waals surface area (Å²) in [5.41, 5.74) is 7.87. The van der Waals surface area contributed by atoms with Crippen molar-refractivity contribution in [1.29, 1.82) is 0 Å². The first-order valence-corrected chi connectivity index (χ1v) is 7.78. The lowest BCUT2D eigenvalue weighted by Crippen LogP contribution is -2.47. The maximum absolute atomic E-state index is 5.92. The molecule has 1 aliphatic rings. The van der Waals surface area contributed by atoms with Crippen LogP contribution in [-0.4, -0.2) is 42.4 Å². The van der Waals surface area contributed by atoms with Crippen molar-refractivity contribution in [3.05, 3.63) is 42.2 Å². The third kappa shape index (κ3) is 3.38. The molecular weight excluding hydrogens is 278 g/mol. The number of likely N-dealkylation sites (tertiary alicyclic amines) is 1.